The Hall–Kier alpha value is -3.15. The summed E-state index contributed by atoms with van der Waals surface area (Å²) in [4.78, 5) is 17.7. The number of hydrogen-bond acceptors (Lipinski definition) is 4. The number of hydrogen-bond donors (Lipinski definition) is 1. The van der Waals surface area contributed by atoms with Crippen LogP contribution in [0.1, 0.15) is 24.1 Å². The molecule has 0 bridgehead atoms. The van der Waals surface area contributed by atoms with Crippen molar-refractivity contribution < 1.29 is 9.53 Å². The molecular formula is C27H31N3O2. The maximum Gasteiger partial charge on any atom is 0.241 e. The minimum atomic E-state index is -0.214. The minimum absolute atomic E-state index is 0.00869. The zero-order valence-corrected chi connectivity index (χ0v) is 18.8. The number of nitrogens with one attached hydrogen (secondary N) is 1. The van der Waals surface area contributed by atoms with E-state index in [1.54, 1.807) is 7.11 Å². The highest BCUT2D eigenvalue weighted by molar-refractivity contribution is 5.95. The summed E-state index contributed by atoms with van der Waals surface area (Å²) in [6, 6.07) is 28.9. The first-order valence-electron chi connectivity index (χ1n) is 11.2. The Labute approximate surface area is 190 Å². The molecule has 0 radical (unpaired) electrons. The number of carbonyl (C=O) groups is 1. The zero-order valence-electron chi connectivity index (χ0n) is 18.8. The largest absolute Gasteiger partial charge is 0.495 e. The van der Waals surface area contributed by atoms with E-state index < -0.39 is 0 Å². The summed E-state index contributed by atoms with van der Waals surface area (Å²) in [5, 5.41) is 3.02. The monoisotopic (exact) mass is 429 g/mol. The van der Waals surface area contributed by atoms with Crippen molar-refractivity contribution in [2.24, 2.45) is 0 Å². The number of anilines is 1. The molecule has 5 heteroatoms. The maximum atomic E-state index is 12.9. The van der Waals surface area contributed by atoms with Crippen LogP contribution in [0.3, 0.4) is 0 Å². The molecule has 166 valence electrons. The third-order valence-electron chi connectivity index (χ3n) is 6.24. The predicted molar refractivity (Wildman–Crippen MR) is 129 cm³/mol. The fraction of sp³-hybridized carbons (Fsp3) is 0.296. The van der Waals surface area contributed by atoms with Crippen LogP contribution in [-0.4, -0.2) is 55.0 Å². The van der Waals surface area contributed by atoms with E-state index in [1.807, 2.05) is 31.2 Å². The number of rotatable bonds is 7. The highest BCUT2D eigenvalue weighted by atomic mass is 16.5. The van der Waals surface area contributed by atoms with E-state index >= 15 is 0 Å². The van der Waals surface area contributed by atoms with E-state index in [-0.39, 0.29) is 18.0 Å². The lowest BCUT2D eigenvalue weighted by Gasteiger charge is -2.41. The van der Waals surface area contributed by atoms with Gasteiger partial charge in [-0.3, -0.25) is 14.6 Å². The van der Waals surface area contributed by atoms with Gasteiger partial charge in [-0.05, 0) is 30.2 Å². The van der Waals surface area contributed by atoms with Crippen LogP contribution in [0, 0.1) is 0 Å². The molecule has 0 aliphatic carbocycles. The second-order valence-corrected chi connectivity index (χ2v) is 8.16. The molecule has 1 fully saturated rings. The van der Waals surface area contributed by atoms with E-state index in [1.165, 1.54) is 11.1 Å². The molecule has 1 atom stereocenters. The van der Waals surface area contributed by atoms with Gasteiger partial charge in [0.1, 0.15) is 5.75 Å². The summed E-state index contributed by atoms with van der Waals surface area (Å²) in [5.74, 6) is 0.664. The fourth-order valence-electron chi connectivity index (χ4n) is 4.42. The molecule has 1 aliphatic heterocycles. The van der Waals surface area contributed by atoms with Crippen LogP contribution < -0.4 is 10.1 Å². The van der Waals surface area contributed by atoms with Crippen molar-refractivity contribution in [2.75, 3.05) is 38.6 Å². The third-order valence-corrected chi connectivity index (χ3v) is 6.24. The van der Waals surface area contributed by atoms with Gasteiger partial charge in [-0.2, -0.15) is 0 Å². The van der Waals surface area contributed by atoms with Crippen molar-refractivity contribution in [3.8, 4) is 5.75 Å². The van der Waals surface area contributed by atoms with Gasteiger partial charge in [0.2, 0.25) is 5.91 Å². The maximum absolute atomic E-state index is 12.9. The number of piperazine rings is 1. The first-order valence-corrected chi connectivity index (χ1v) is 11.2. The highest BCUT2D eigenvalue weighted by Gasteiger charge is 2.30. The Morgan fingerprint density at radius 2 is 1.28 bits per heavy atom. The second-order valence-electron chi connectivity index (χ2n) is 8.16. The normalized spacial score (nSPS) is 16.0. The second kappa shape index (κ2) is 10.4. The Morgan fingerprint density at radius 1 is 0.781 bits per heavy atom. The highest BCUT2D eigenvalue weighted by Crippen LogP contribution is 2.30. The molecule has 1 aliphatic rings. The van der Waals surface area contributed by atoms with Crippen LogP contribution in [0.15, 0.2) is 84.9 Å². The van der Waals surface area contributed by atoms with Gasteiger partial charge in [0.05, 0.1) is 24.9 Å². The van der Waals surface area contributed by atoms with E-state index in [2.05, 4.69) is 75.8 Å². The summed E-state index contributed by atoms with van der Waals surface area (Å²) in [6.45, 7) is 5.47. The van der Waals surface area contributed by atoms with Crippen molar-refractivity contribution in [1.29, 1.82) is 0 Å². The van der Waals surface area contributed by atoms with Crippen molar-refractivity contribution in [3.05, 3.63) is 96.1 Å². The van der Waals surface area contributed by atoms with Crippen molar-refractivity contribution in [2.45, 2.75) is 19.0 Å². The van der Waals surface area contributed by atoms with Crippen LogP contribution in [0.25, 0.3) is 0 Å². The van der Waals surface area contributed by atoms with Crippen LogP contribution in [-0.2, 0) is 4.79 Å². The Bertz CT molecular complexity index is 962. The molecule has 5 nitrogen and oxygen atoms in total. The van der Waals surface area contributed by atoms with Crippen molar-refractivity contribution in [3.63, 3.8) is 0 Å². The van der Waals surface area contributed by atoms with Gasteiger partial charge in [0.25, 0.3) is 0 Å². The molecule has 1 N–H and O–H groups in total. The summed E-state index contributed by atoms with van der Waals surface area (Å²) < 4.78 is 5.36. The number of methoxy groups -OCH3 is 1. The van der Waals surface area contributed by atoms with Crippen molar-refractivity contribution >= 4 is 11.6 Å². The minimum Gasteiger partial charge on any atom is -0.495 e. The number of carbonyl (C=O) groups excluding carboxylic acids is 1. The average molecular weight is 430 g/mol. The Balaban J connectivity index is 1.42. The Morgan fingerprint density at radius 3 is 1.84 bits per heavy atom. The predicted octanol–water partition coefficient (Wildman–Crippen LogP) is 4.43. The van der Waals surface area contributed by atoms with Crippen LogP contribution in [0.2, 0.25) is 0 Å². The molecule has 1 amide bonds. The van der Waals surface area contributed by atoms with E-state index in [4.69, 9.17) is 4.74 Å². The SMILES string of the molecule is COc1ccccc1NC(=O)C(C)N1CCN(C(c2ccccc2)c2ccccc2)CC1. The van der Waals surface area contributed by atoms with Gasteiger partial charge >= 0.3 is 0 Å². The summed E-state index contributed by atoms with van der Waals surface area (Å²) in [6.07, 6.45) is 0. The number of para-hydroxylation sites is 2. The first kappa shape index (κ1) is 22.1. The number of benzene rings is 3. The topological polar surface area (TPSA) is 44.8 Å². The third kappa shape index (κ3) is 5.01. The lowest BCUT2D eigenvalue weighted by molar-refractivity contribution is -0.121. The van der Waals surface area contributed by atoms with Gasteiger partial charge in [-0.15, -0.1) is 0 Å². The molecule has 0 saturated carbocycles. The number of ether oxygens (including phenoxy) is 1. The molecule has 32 heavy (non-hydrogen) atoms. The zero-order chi connectivity index (χ0) is 22.3. The first-order chi connectivity index (χ1) is 15.7. The Kier molecular flexibility index (Phi) is 7.20. The fourth-order valence-corrected chi connectivity index (χ4v) is 4.42. The van der Waals surface area contributed by atoms with Gasteiger partial charge < -0.3 is 10.1 Å². The quantitative estimate of drug-likeness (QED) is 0.604. The molecule has 0 spiro atoms. The van der Waals surface area contributed by atoms with Crippen LogP contribution >= 0.6 is 0 Å². The van der Waals surface area contributed by atoms with E-state index in [0.717, 1.165) is 26.2 Å². The van der Waals surface area contributed by atoms with Crippen molar-refractivity contribution in [1.82, 2.24) is 9.80 Å². The summed E-state index contributed by atoms with van der Waals surface area (Å²) in [7, 11) is 1.61. The molecule has 4 rings (SSSR count). The summed E-state index contributed by atoms with van der Waals surface area (Å²) in [5.41, 5.74) is 3.31. The lowest BCUT2D eigenvalue weighted by Crippen LogP contribution is -2.53. The van der Waals surface area contributed by atoms with Gasteiger partial charge in [0, 0.05) is 26.2 Å². The van der Waals surface area contributed by atoms with Gasteiger partial charge in [-0.1, -0.05) is 72.8 Å². The standard InChI is InChI=1S/C27H31N3O2/c1-21(27(31)28-24-15-9-10-16-25(24)32-2)29-17-19-30(20-18-29)26(22-11-5-3-6-12-22)23-13-7-4-8-14-23/h3-16,21,26H,17-20H2,1-2H3,(H,28,31). The van der Waals surface area contributed by atoms with E-state index in [0.29, 0.717) is 11.4 Å². The summed E-state index contributed by atoms with van der Waals surface area (Å²) >= 11 is 0. The molecule has 1 saturated heterocycles. The number of amides is 1. The molecule has 3 aromatic carbocycles. The lowest BCUT2D eigenvalue weighted by atomic mass is 9.96. The van der Waals surface area contributed by atoms with Gasteiger partial charge in [-0.25, -0.2) is 0 Å². The molecule has 3 aromatic rings. The molecule has 1 unspecified atom stereocenters. The van der Waals surface area contributed by atoms with Gasteiger partial charge in [0.15, 0.2) is 0 Å². The smallest absolute Gasteiger partial charge is 0.241 e. The average Bonchev–Trinajstić information content (AvgIpc) is 2.86. The number of nitrogens with zero attached hydrogens (tertiary/aromatic N) is 2. The molecule has 1 heterocycles. The van der Waals surface area contributed by atoms with E-state index in [9.17, 15) is 4.79 Å². The van der Waals surface area contributed by atoms with Crippen LogP contribution in [0.4, 0.5) is 5.69 Å². The van der Waals surface area contributed by atoms with Crippen LogP contribution in [0.5, 0.6) is 5.75 Å². The molecular weight excluding hydrogens is 398 g/mol. The molecule has 0 aromatic heterocycles.